The molecule has 0 saturated carbocycles. The van der Waals surface area contributed by atoms with Gasteiger partial charge in [0.15, 0.2) is 0 Å². The van der Waals surface area contributed by atoms with Gasteiger partial charge in [-0.3, -0.25) is 4.90 Å². The molecule has 0 aliphatic carbocycles. The predicted molar refractivity (Wildman–Crippen MR) is 86.8 cm³/mol. The molecule has 0 radical (unpaired) electrons. The molecular formula is C17H24N2O3. The Morgan fingerprint density at radius 3 is 2.55 bits per heavy atom. The standard InChI is InChI=1S/C17H24N2O3/c1-12-8-13(2)11-18(10-12)15-9-14(4-5-16(15)21-3)19-6-7-22-17(19)20/h4-5,9,12-13H,6-8,10-11H2,1-3H3/t12-,13+. The number of hydrogen-bond acceptors (Lipinski definition) is 4. The second-order valence-corrected chi connectivity index (χ2v) is 6.47. The van der Waals surface area contributed by atoms with Crippen molar-refractivity contribution in [2.45, 2.75) is 20.3 Å². The van der Waals surface area contributed by atoms with Crippen LogP contribution in [-0.4, -0.2) is 39.4 Å². The Morgan fingerprint density at radius 2 is 1.95 bits per heavy atom. The maximum Gasteiger partial charge on any atom is 0.414 e. The fourth-order valence-electron chi connectivity index (χ4n) is 3.58. The van der Waals surface area contributed by atoms with Crippen LogP contribution in [0, 0.1) is 11.8 Å². The zero-order valence-corrected chi connectivity index (χ0v) is 13.5. The lowest BCUT2D eigenvalue weighted by Crippen LogP contribution is -2.39. The Balaban J connectivity index is 1.92. The van der Waals surface area contributed by atoms with Crippen LogP contribution in [0.25, 0.3) is 0 Å². The molecule has 1 aromatic carbocycles. The highest BCUT2D eigenvalue weighted by molar-refractivity contribution is 5.90. The average molecular weight is 304 g/mol. The van der Waals surface area contributed by atoms with Gasteiger partial charge in [-0.15, -0.1) is 0 Å². The second kappa shape index (κ2) is 6.07. The Kier molecular flexibility index (Phi) is 4.14. The molecule has 2 aliphatic heterocycles. The highest BCUT2D eigenvalue weighted by Gasteiger charge is 2.27. The Labute approximate surface area is 131 Å². The maximum absolute atomic E-state index is 11.8. The van der Waals surface area contributed by atoms with E-state index in [0.717, 1.165) is 30.2 Å². The first-order valence-electron chi connectivity index (χ1n) is 7.95. The molecule has 2 fully saturated rings. The second-order valence-electron chi connectivity index (χ2n) is 6.47. The monoisotopic (exact) mass is 304 g/mol. The van der Waals surface area contributed by atoms with Gasteiger partial charge >= 0.3 is 6.09 Å². The van der Waals surface area contributed by atoms with Crippen molar-refractivity contribution in [2.24, 2.45) is 11.8 Å². The number of nitrogens with zero attached hydrogens (tertiary/aromatic N) is 2. The van der Waals surface area contributed by atoms with Gasteiger partial charge in [0.05, 0.1) is 19.3 Å². The van der Waals surface area contributed by atoms with Gasteiger partial charge in [0, 0.05) is 18.8 Å². The van der Waals surface area contributed by atoms with Crippen LogP contribution in [-0.2, 0) is 4.74 Å². The summed E-state index contributed by atoms with van der Waals surface area (Å²) < 4.78 is 10.6. The number of rotatable bonds is 3. The predicted octanol–water partition coefficient (Wildman–Crippen LogP) is 3.13. The molecule has 0 spiro atoms. The minimum atomic E-state index is -0.267. The zero-order valence-electron chi connectivity index (χ0n) is 13.5. The molecule has 2 aliphatic rings. The molecule has 0 aromatic heterocycles. The minimum Gasteiger partial charge on any atom is -0.495 e. The van der Waals surface area contributed by atoms with E-state index < -0.39 is 0 Å². The average Bonchev–Trinajstić information content (AvgIpc) is 2.91. The SMILES string of the molecule is COc1ccc(N2CCOC2=O)cc1N1C[C@H](C)C[C@H](C)C1. The summed E-state index contributed by atoms with van der Waals surface area (Å²) in [6.07, 6.45) is 0.994. The number of carbonyl (C=O) groups excluding carboxylic acids is 1. The van der Waals surface area contributed by atoms with Crippen LogP contribution < -0.4 is 14.5 Å². The number of piperidine rings is 1. The van der Waals surface area contributed by atoms with Crippen LogP contribution in [0.1, 0.15) is 20.3 Å². The Morgan fingerprint density at radius 1 is 1.23 bits per heavy atom. The smallest absolute Gasteiger partial charge is 0.414 e. The molecule has 120 valence electrons. The topological polar surface area (TPSA) is 42.0 Å². The van der Waals surface area contributed by atoms with Crippen LogP contribution in [0.3, 0.4) is 0 Å². The van der Waals surface area contributed by atoms with Crippen molar-refractivity contribution in [3.8, 4) is 5.75 Å². The normalized spacial score (nSPS) is 25.3. The first kappa shape index (κ1) is 15.0. The van der Waals surface area contributed by atoms with E-state index in [1.54, 1.807) is 12.0 Å². The Bertz CT molecular complexity index is 551. The summed E-state index contributed by atoms with van der Waals surface area (Å²) in [6, 6.07) is 5.92. The van der Waals surface area contributed by atoms with Crippen LogP contribution in [0.2, 0.25) is 0 Å². The van der Waals surface area contributed by atoms with E-state index >= 15 is 0 Å². The molecular weight excluding hydrogens is 280 g/mol. The highest BCUT2D eigenvalue weighted by Crippen LogP contribution is 2.36. The van der Waals surface area contributed by atoms with Crippen molar-refractivity contribution in [2.75, 3.05) is 43.2 Å². The third-order valence-electron chi connectivity index (χ3n) is 4.44. The summed E-state index contributed by atoms with van der Waals surface area (Å²) in [5.74, 6) is 2.18. The van der Waals surface area contributed by atoms with Gasteiger partial charge in [0.25, 0.3) is 0 Å². The third-order valence-corrected chi connectivity index (χ3v) is 4.44. The van der Waals surface area contributed by atoms with E-state index in [4.69, 9.17) is 9.47 Å². The van der Waals surface area contributed by atoms with Crippen molar-refractivity contribution in [3.05, 3.63) is 18.2 Å². The van der Waals surface area contributed by atoms with Crippen LogP contribution in [0.15, 0.2) is 18.2 Å². The molecule has 1 amide bonds. The van der Waals surface area contributed by atoms with Crippen molar-refractivity contribution < 1.29 is 14.3 Å². The minimum absolute atomic E-state index is 0.267. The number of benzene rings is 1. The molecule has 3 rings (SSSR count). The van der Waals surface area contributed by atoms with Crippen molar-refractivity contribution >= 4 is 17.5 Å². The Hall–Kier alpha value is -1.91. The van der Waals surface area contributed by atoms with Gasteiger partial charge in [0.1, 0.15) is 12.4 Å². The van der Waals surface area contributed by atoms with Crippen molar-refractivity contribution in [3.63, 3.8) is 0 Å². The zero-order chi connectivity index (χ0) is 15.7. The van der Waals surface area contributed by atoms with Gasteiger partial charge in [-0.2, -0.15) is 0 Å². The van der Waals surface area contributed by atoms with Crippen LogP contribution in [0.5, 0.6) is 5.75 Å². The maximum atomic E-state index is 11.8. The largest absolute Gasteiger partial charge is 0.495 e. The molecule has 0 bridgehead atoms. The number of amides is 1. The van der Waals surface area contributed by atoms with E-state index in [1.807, 2.05) is 12.1 Å². The lowest BCUT2D eigenvalue weighted by Gasteiger charge is -2.37. The highest BCUT2D eigenvalue weighted by atomic mass is 16.6. The lowest BCUT2D eigenvalue weighted by atomic mass is 9.91. The van der Waals surface area contributed by atoms with Crippen molar-refractivity contribution in [1.82, 2.24) is 0 Å². The number of carbonyl (C=O) groups is 1. The van der Waals surface area contributed by atoms with Crippen LogP contribution >= 0.6 is 0 Å². The van der Waals surface area contributed by atoms with E-state index in [2.05, 4.69) is 24.8 Å². The van der Waals surface area contributed by atoms with Gasteiger partial charge in [-0.1, -0.05) is 13.8 Å². The summed E-state index contributed by atoms with van der Waals surface area (Å²) >= 11 is 0. The van der Waals surface area contributed by atoms with Crippen LogP contribution in [0.4, 0.5) is 16.2 Å². The first-order valence-corrected chi connectivity index (χ1v) is 7.95. The van der Waals surface area contributed by atoms with E-state index in [-0.39, 0.29) is 6.09 Å². The molecule has 22 heavy (non-hydrogen) atoms. The molecule has 5 nitrogen and oxygen atoms in total. The van der Waals surface area contributed by atoms with E-state index in [9.17, 15) is 4.79 Å². The molecule has 1 aromatic rings. The molecule has 2 saturated heterocycles. The molecule has 0 N–H and O–H groups in total. The van der Waals surface area contributed by atoms with Gasteiger partial charge < -0.3 is 14.4 Å². The summed E-state index contributed by atoms with van der Waals surface area (Å²) in [5.41, 5.74) is 1.95. The summed E-state index contributed by atoms with van der Waals surface area (Å²) in [6.45, 7) is 7.69. The number of methoxy groups -OCH3 is 1. The third kappa shape index (κ3) is 2.85. The van der Waals surface area contributed by atoms with Gasteiger partial charge in [0.2, 0.25) is 0 Å². The molecule has 2 heterocycles. The van der Waals surface area contributed by atoms with Gasteiger partial charge in [-0.25, -0.2) is 4.79 Å². The number of cyclic esters (lactones) is 1. The quantitative estimate of drug-likeness (QED) is 0.860. The molecule has 2 atom stereocenters. The summed E-state index contributed by atoms with van der Waals surface area (Å²) in [7, 11) is 1.69. The number of ether oxygens (including phenoxy) is 2. The van der Waals surface area contributed by atoms with Gasteiger partial charge in [-0.05, 0) is 36.5 Å². The number of hydrogen-bond donors (Lipinski definition) is 0. The fraction of sp³-hybridized carbons (Fsp3) is 0.588. The first-order chi connectivity index (χ1) is 10.6. The summed E-state index contributed by atoms with van der Waals surface area (Å²) in [5, 5.41) is 0. The van der Waals surface area contributed by atoms with E-state index in [0.29, 0.717) is 25.0 Å². The number of anilines is 2. The summed E-state index contributed by atoms with van der Waals surface area (Å²) in [4.78, 5) is 15.8. The fourth-order valence-corrected chi connectivity index (χ4v) is 3.58. The molecule has 0 unspecified atom stereocenters. The lowest BCUT2D eigenvalue weighted by molar-refractivity contribution is 0.181. The van der Waals surface area contributed by atoms with E-state index in [1.165, 1.54) is 6.42 Å². The molecule has 5 heteroatoms. The van der Waals surface area contributed by atoms with Crippen molar-refractivity contribution in [1.29, 1.82) is 0 Å².